The Morgan fingerprint density at radius 1 is 1.17 bits per heavy atom. The van der Waals surface area contributed by atoms with Gasteiger partial charge in [0.05, 0.1) is 0 Å². The molecule has 0 bridgehead atoms. The second-order valence-electron chi connectivity index (χ2n) is 5.38. The molecule has 0 aliphatic heterocycles. The van der Waals surface area contributed by atoms with E-state index in [2.05, 4.69) is 21.2 Å². The van der Waals surface area contributed by atoms with Gasteiger partial charge in [-0.1, -0.05) is 34.1 Å². The number of hydrogen-bond donors (Lipinski definition) is 1. The third-order valence-electron chi connectivity index (χ3n) is 3.45. The monoisotopic (exact) mass is 392 g/mol. The van der Waals surface area contributed by atoms with Crippen LogP contribution in [0.25, 0.3) is 0 Å². The van der Waals surface area contributed by atoms with Crippen LogP contribution < -0.4 is 5.32 Å². The molecule has 4 nitrogen and oxygen atoms in total. The van der Waals surface area contributed by atoms with E-state index in [-0.39, 0.29) is 24.1 Å². The lowest BCUT2D eigenvalue weighted by Gasteiger charge is -2.21. The van der Waals surface area contributed by atoms with Gasteiger partial charge in [-0.3, -0.25) is 9.59 Å². The molecule has 0 atom stereocenters. The molecule has 126 valence electrons. The van der Waals surface area contributed by atoms with Gasteiger partial charge in [-0.15, -0.1) is 0 Å². The quantitative estimate of drug-likeness (QED) is 0.808. The van der Waals surface area contributed by atoms with Crippen molar-refractivity contribution in [3.63, 3.8) is 0 Å². The van der Waals surface area contributed by atoms with Crippen LogP contribution in [0.2, 0.25) is 0 Å². The first kappa shape index (κ1) is 18.1. The van der Waals surface area contributed by atoms with E-state index in [4.69, 9.17) is 0 Å². The lowest BCUT2D eigenvalue weighted by Crippen LogP contribution is -2.31. The van der Waals surface area contributed by atoms with Crippen molar-refractivity contribution in [2.24, 2.45) is 0 Å². The summed E-state index contributed by atoms with van der Waals surface area (Å²) in [5, 5.41) is 2.79. The largest absolute Gasteiger partial charge is 0.338 e. The molecule has 0 fully saturated rings. The topological polar surface area (TPSA) is 49.4 Å². The highest BCUT2D eigenvalue weighted by atomic mass is 79.9. The molecule has 0 radical (unpaired) electrons. The molecular formula is C18H18BrFN2O2. The number of amides is 2. The zero-order chi connectivity index (χ0) is 17.5. The van der Waals surface area contributed by atoms with Gasteiger partial charge in [0.1, 0.15) is 5.82 Å². The van der Waals surface area contributed by atoms with Crippen molar-refractivity contribution in [3.05, 3.63) is 64.4 Å². The van der Waals surface area contributed by atoms with E-state index in [1.165, 1.54) is 19.1 Å². The highest BCUT2D eigenvalue weighted by Gasteiger charge is 2.12. The van der Waals surface area contributed by atoms with E-state index in [1.54, 1.807) is 29.2 Å². The molecule has 0 aliphatic rings. The average molecular weight is 393 g/mol. The van der Waals surface area contributed by atoms with Gasteiger partial charge in [-0.25, -0.2) is 4.39 Å². The molecular weight excluding hydrogens is 375 g/mol. The lowest BCUT2D eigenvalue weighted by molar-refractivity contribution is -0.129. The van der Waals surface area contributed by atoms with Crippen LogP contribution in [-0.2, 0) is 16.1 Å². The Morgan fingerprint density at radius 3 is 2.50 bits per heavy atom. The van der Waals surface area contributed by atoms with Gasteiger partial charge in [0.15, 0.2) is 0 Å². The van der Waals surface area contributed by atoms with Gasteiger partial charge in [0.25, 0.3) is 0 Å². The maximum Gasteiger partial charge on any atom is 0.226 e. The molecule has 2 rings (SSSR count). The fourth-order valence-electron chi connectivity index (χ4n) is 2.18. The number of halogens is 2. The Morgan fingerprint density at radius 2 is 1.88 bits per heavy atom. The normalized spacial score (nSPS) is 10.3. The number of carbonyl (C=O) groups excluding carboxylic acids is 2. The minimum absolute atomic E-state index is 0.130. The molecule has 0 heterocycles. The minimum atomic E-state index is -0.318. The summed E-state index contributed by atoms with van der Waals surface area (Å²) in [6.07, 6.45) is 0.188. The molecule has 0 aromatic heterocycles. The average Bonchev–Trinajstić information content (AvgIpc) is 2.53. The smallest absolute Gasteiger partial charge is 0.226 e. The maximum absolute atomic E-state index is 12.9. The highest BCUT2D eigenvalue weighted by molar-refractivity contribution is 9.10. The molecule has 6 heteroatoms. The third kappa shape index (κ3) is 5.77. The van der Waals surface area contributed by atoms with Gasteiger partial charge < -0.3 is 10.2 Å². The zero-order valence-corrected chi connectivity index (χ0v) is 14.8. The minimum Gasteiger partial charge on any atom is -0.338 e. The number of nitrogens with zero attached hydrogens (tertiary/aromatic N) is 1. The molecule has 2 amide bonds. The summed E-state index contributed by atoms with van der Waals surface area (Å²) in [5.41, 5.74) is 1.52. The van der Waals surface area contributed by atoms with E-state index in [1.807, 2.05) is 12.1 Å². The summed E-state index contributed by atoms with van der Waals surface area (Å²) in [6, 6.07) is 13.3. The van der Waals surface area contributed by atoms with Gasteiger partial charge in [0, 0.05) is 36.6 Å². The third-order valence-corrected chi connectivity index (χ3v) is 3.94. The molecule has 0 spiro atoms. The molecule has 2 aromatic rings. The molecule has 2 aromatic carbocycles. The van der Waals surface area contributed by atoms with Gasteiger partial charge in [0.2, 0.25) is 11.8 Å². The lowest BCUT2D eigenvalue weighted by atomic mass is 10.2. The molecule has 24 heavy (non-hydrogen) atoms. The summed E-state index contributed by atoms with van der Waals surface area (Å²) in [6.45, 7) is 2.10. The predicted octanol–water partition coefficient (Wildman–Crippen LogP) is 3.97. The summed E-state index contributed by atoms with van der Waals surface area (Å²) in [5.74, 6) is -0.616. The van der Waals surface area contributed by atoms with E-state index in [0.717, 1.165) is 10.0 Å². The molecule has 0 saturated carbocycles. The van der Waals surface area contributed by atoms with Crippen LogP contribution in [0.5, 0.6) is 0 Å². The Bertz CT molecular complexity index is 719. The van der Waals surface area contributed by atoms with Crippen molar-refractivity contribution in [2.75, 3.05) is 11.9 Å². The first-order valence-corrected chi connectivity index (χ1v) is 8.29. The Labute approximate surface area is 148 Å². The number of rotatable bonds is 6. The number of hydrogen-bond acceptors (Lipinski definition) is 2. The molecule has 0 aliphatic carbocycles. The standard InChI is InChI=1S/C18H18BrFN2O2/c1-13(23)22(12-14-5-7-16(20)8-6-14)10-9-18(24)21-17-4-2-3-15(19)11-17/h2-8,11H,9-10,12H2,1H3,(H,21,24). The highest BCUT2D eigenvalue weighted by Crippen LogP contribution is 2.16. The van der Waals surface area contributed by atoms with E-state index < -0.39 is 0 Å². The maximum atomic E-state index is 12.9. The second kappa shape index (κ2) is 8.59. The summed E-state index contributed by atoms with van der Waals surface area (Å²) >= 11 is 3.34. The van der Waals surface area contributed by atoms with Gasteiger partial charge in [-0.2, -0.15) is 0 Å². The number of carbonyl (C=O) groups is 2. The zero-order valence-electron chi connectivity index (χ0n) is 13.3. The fourth-order valence-corrected chi connectivity index (χ4v) is 2.58. The summed E-state index contributed by atoms with van der Waals surface area (Å²) in [7, 11) is 0. The van der Waals surface area contributed by atoms with Crippen LogP contribution in [0.3, 0.4) is 0 Å². The van der Waals surface area contributed by atoms with E-state index >= 15 is 0 Å². The van der Waals surface area contributed by atoms with Crippen molar-refractivity contribution in [1.82, 2.24) is 4.90 Å². The predicted molar refractivity (Wildman–Crippen MR) is 94.9 cm³/mol. The van der Waals surface area contributed by atoms with Crippen LogP contribution >= 0.6 is 15.9 Å². The van der Waals surface area contributed by atoms with Crippen LogP contribution in [0.1, 0.15) is 18.9 Å². The number of anilines is 1. The van der Waals surface area contributed by atoms with E-state index in [0.29, 0.717) is 18.8 Å². The van der Waals surface area contributed by atoms with Crippen molar-refractivity contribution < 1.29 is 14.0 Å². The number of nitrogens with one attached hydrogen (secondary N) is 1. The Kier molecular flexibility index (Phi) is 6.49. The van der Waals surface area contributed by atoms with Crippen LogP contribution in [-0.4, -0.2) is 23.3 Å². The van der Waals surface area contributed by atoms with Crippen molar-refractivity contribution in [1.29, 1.82) is 0 Å². The van der Waals surface area contributed by atoms with Crippen LogP contribution in [0.15, 0.2) is 53.0 Å². The summed E-state index contributed by atoms with van der Waals surface area (Å²) < 4.78 is 13.8. The van der Waals surface area contributed by atoms with Crippen molar-refractivity contribution in [3.8, 4) is 0 Å². The number of benzene rings is 2. The second-order valence-corrected chi connectivity index (χ2v) is 6.29. The van der Waals surface area contributed by atoms with Gasteiger partial charge >= 0.3 is 0 Å². The van der Waals surface area contributed by atoms with Gasteiger partial charge in [-0.05, 0) is 35.9 Å². The molecule has 0 saturated heterocycles. The van der Waals surface area contributed by atoms with Crippen molar-refractivity contribution in [2.45, 2.75) is 19.9 Å². The molecule has 0 unspecified atom stereocenters. The fraction of sp³-hybridized carbons (Fsp3) is 0.222. The Balaban J connectivity index is 1.90. The van der Waals surface area contributed by atoms with Crippen LogP contribution in [0, 0.1) is 5.82 Å². The first-order valence-electron chi connectivity index (χ1n) is 7.49. The first-order chi connectivity index (χ1) is 11.4. The Hall–Kier alpha value is -2.21. The van der Waals surface area contributed by atoms with Crippen LogP contribution in [0.4, 0.5) is 10.1 Å². The van der Waals surface area contributed by atoms with Crippen molar-refractivity contribution >= 4 is 33.4 Å². The van der Waals surface area contributed by atoms with E-state index in [9.17, 15) is 14.0 Å². The summed E-state index contributed by atoms with van der Waals surface area (Å²) in [4.78, 5) is 25.3. The molecule has 1 N–H and O–H groups in total. The SMILES string of the molecule is CC(=O)N(CCC(=O)Nc1cccc(Br)c1)Cc1ccc(F)cc1.